The topological polar surface area (TPSA) is 3.24 Å². The van der Waals surface area contributed by atoms with E-state index in [1.807, 2.05) is 11.3 Å². The Morgan fingerprint density at radius 3 is 2.19 bits per heavy atom. The quantitative estimate of drug-likeness (QED) is 0.175. The predicted octanol–water partition coefficient (Wildman–Crippen LogP) is 14.2. The number of nitrogens with zero attached hydrogens (tertiary/aromatic N) is 1. The lowest BCUT2D eigenvalue weighted by molar-refractivity contribution is 0.661. The lowest BCUT2D eigenvalue weighted by atomic mass is 9.82. The lowest BCUT2D eigenvalue weighted by Crippen LogP contribution is -2.17. The van der Waals surface area contributed by atoms with Gasteiger partial charge in [-0.05, 0) is 92.2 Å². The van der Waals surface area contributed by atoms with E-state index in [2.05, 4.69) is 195 Å². The first kappa shape index (κ1) is 30.8. The van der Waals surface area contributed by atoms with Crippen molar-refractivity contribution in [3.8, 4) is 22.3 Å². The van der Waals surface area contributed by atoms with Crippen LogP contribution in [-0.4, -0.2) is 0 Å². The molecule has 0 atom stereocenters. The van der Waals surface area contributed by atoms with Crippen molar-refractivity contribution in [1.29, 1.82) is 0 Å². The van der Waals surface area contributed by atoms with Gasteiger partial charge >= 0.3 is 0 Å². The molecule has 0 aliphatic heterocycles. The van der Waals surface area contributed by atoms with E-state index in [0.29, 0.717) is 0 Å². The largest absolute Gasteiger partial charge is 0.314 e. The average molecular weight is 684 g/mol. The third-order valence-corrected chi connectivity index (χ3v) is 12.3. The maximum atomic E-state index is 2.48. The molecule has 1 nitrogen and oxygen atoms in total. The molecule has 2 aliphatic carbocycles. The molecule has 0 N–H and O–H groups in total. The molecule has 0 fully saturated rings. The van der Waals surface area contributed by atoms with Crippen LogP contribution in [0, 0.1) is 0 Å². The summed E-state index contributed by atoms with van der Waals surface area (Å²) < 4.78 is 2.74. The predicted molar refractivity (Wildman–Crippen MR) is 225 cm³/mol. The van der Waals surface area contributed by atoms with Crippen LogP contribution in [0.25, 0.3) is 58.8 Å². The number of rotatable bonds is 5. The zero-order chi connectivity index (χ0) is 34.8. The van der Waals surface area contributed by atoms with E-state index in [4.69, 9.17) is 0 Å². The van der Waals surface area contributed by atoms with Crippen molar-refractivity contribution in [3.05, 3.63) is 198 Å². The first-order chi connectivity index (χ1) is 25.5. The third-order valence-electron chi connectivity index (χ3n) is 11.1. The maximum absolute atomic E-state index is 2.48. The summed E-state index contributed by atoms with van der Waals surface area (Å²) in [5, 5.41) is 5.18. The smallest absolute Gasteiger partial charge is 0.0464 e. The fourth-order valence-electron chi connectivity index (χ4n) is 8.43. The van der Waals surface area contributed by atoms with Gasteiger partial charge in [0.15, 0.2) is 0 Å². The Morgan fingerprint density at radius 1 is 0.558 bits per heavy atom. The molecule has 52 heavy (non-hydrogen) atoms. The van der Waals surface area contributed by atoms with Crippen molar-refractivity contribution < 1.29 is 0 Å². The fraction of sp³-hybridized carbons (Fsp3) is 0.0800. The van der Waals surface area contributed by atoms with Crippen molar-refractivity contribution >= 4 is 59.2 Å². The van der Waals surface area contributed by atoms with Crippen LogP contribution < -0.4 is 4.90 Å². The summed E-state index contributed by atoms with van der Waals surface area (Å²) in [5.41, 5.74) is 13.9. The van der Waals surface area contributed by atoms with E-state index in [1.54, 1.807) is 0 Å². The van der Waals surface area contributed by atoms with Gasteiger partial charge in [-0.25, -0.2) is 0 Å². The van der Waals surface area contributed by atoms with Crippen molar-refractivity contribution in [2.24, 2.45) is 0 Å². The van der Waals surface area contributed by atoms with Gasteiger partial charge < -0.3 is 4.90 Å². The van der Waals surface area contributed by atoms with Crippen LogP contribution >= 0.6 is 11.3 Å². The molecule has 0 spiro atoms. The molecule has 2 heteroatoms. The first-order valence-electron chi connectivity index (χ1n) is 18.1. The summed E-state index contributed by atoms with van der Waals surface area (Å²) in [5.74, 6) is 0. The van der Waals surface area contributed by atoms with Gasteiger partial charge in [-0.2, -0.15) is 0 Å². The molecule has 0 saturated carbocycles. The monoisotopic (exact) mass is 683 g/mol. The molecular weight excluding hydrogens is 647 g/mol. The summed E-state index contributed by atoms with van der Waals surface area (Å²) in [4.78, 5) is 2.48. The van der Waals surface area contributed by atoms with Crippen LogP contribution in [0.4, 0.5) is 11.4 Å². The highest BCUT2D eigenvalue weighted by atomic mass is 32.1. The zero-order valence-electron chi connectivity index (χ0n) is 29.3. The summed E-state index contributed by atoms with van der Waals surface area (Å²) in [7, 11) is 0. The van der Waals surface area contributed by atoms with Gasteiger partial charge in [0.05, 0.1) is 0 Å². The second-order valence-electron chi connectivity index (χ2n) is 14.5. The summed E-state index contributed by atoms with van der Waals surface area (Å²) in [6.45, 7) is 4.77. The minimum atomic E-state index is -0.0857. The van der Waals surface area contributed by atoms with E-state index in [1.165, 1.54) is 92.5 Å². The molecule has 0 radical (unpaired) electrons. The number of benzene rings is 7. The van der Waals surface area contributed by atoms with Gasteiger partial charge in [0.2, 0.25) is 0 Å². The molecular formula is C50H37NS. The normalized spacial score (nSPS) is 14.6. The Kier molecular flexibility index (Phi) is 7.16. The van der Waals surface area contributed by atoms with Gasteiger partial charge in [0, 0.05) is 54.6 Å². The van der Waals surface area contributed by atoms with E-state index < -0.39 is 0 Å². The molecule has 10 rings (SSSR count). The van der Waals surface area contributed by atoms with Gasteiger partial charge in [0.1, 0.15) is 0 Å². The van der Waals surface area contributed by atoms with Crippen LogP contribution in [0.5, 0.6) is 0 Å². The number of fused-ring (bicyclic) bond motifs is 8. The highest BCUT2D eigenvalue weighted by Gasteiger charge is 2.37. The van der Waals surface area contributed by atoms with Crippen molar-refractivity contribution in [2.45, 2.75) is 25.7 Å². The van der Waals surface area contributed by atoms with Crippen molar-refractivity contribution in [3.63, 3.8) is 0 Å². The van der Waals surface area contributed by atoms with E-state index in [9.17, 15) is 0 Å². The Morgan fingerprint density at radius 2 is 1.29 bits per heavy atom. The van der Waals surface area contributed by atoms with E-state index >= 15 is 0 Å². The second-order valence-corrected chi connectivity index (χ2v) is 15.6. The van der Waals surface area contributed by atoms with Crippen LogP contribution in [0.15, 0.2) is 182 Å². The minimum absolute atomic E-state index is 0.0857. The summed E-state index contributed by atoms with van der Waals surface area (Å²) in [6.07, 6.45) is 10.0. The van der Waals surface area contributed by atoms with E-state index in [-0.39, 0.29) is 5.41 Å². The number of allylic oxidation sites excluding steroid dienone is 5. The van der Waals surface area contributed by atoms with Crippen LogP contribution in [-0.2, 0) is 5.41 Å². The molecule has 248 valence electrons. The number of hydrogen-bond donors (Lipinski definition) is 0. The molecule has 2 aliphatic rings. The summed E-state index contributed by atoms with van der Waals surface area (Å²) >= 11 is 1.93. The SMILES string of the molecule is CC1(C)c2ccc(N(C3=CC=C(c4cccc(-c5ccccc5)c4)C=CC3)c3ccc4ccccc4c3)cc2-c2c1ccc1c2sc2ccccc21. The Balaban J connectivity index is 1.14. The molecule has 1 heterocycles. The average Bonchev–Trinajstić information content (AvgIpc) is 3.55. The molecule has 7 aromatic carbocycles. The number of thiophene rings is 1. The van der Waals surface area contributed by atoms with Crippen LogP contribution in [0.2, 0.25) is 0 Å². The van der Waals surface area contributed by atoms with Gasteiger partial charge in [-0.1, -0.05) is 147 Å². The Hall–Kier alpha value is -5.96. The van der Waals surface area contributed by atoms with Crippen molar-refractivity contribution in [1.82, 2.24) is 0 Å². The number of anilines is 2. The Bertz CT molecular complexity index is 2790. The fourth-order valence-corrected chi connectivity index (χ4v) is 9.69. The Labute approximate surface area is 309 Å². The molecule has 0 unspecified atom stereocenters. The minimum Gasteiger partial charge on any atom is -0.314 e. The van der Waals surface area contributed by atoms with Gasteiger partial charge in [0.25, 0.3) is 0 Å². The van der Waals surface area contributed by atoms with Crippen molar-refractivity contribution in [2.75, 3.05) is 4.90 Å². The lowest BCUT2D eigenvalue weighted by Gasteiger charge is -2.29. The maximum Gasteiger partial charge on any atom is 0.0464 e. The second kappa shape index (κ2) is 12.1. The van der Waals surface area contributed by atoms with Gasteiger partial charge in [-0.3, -0.25) is 0 Å². The first-order valence-corrected chi connectivity index (χ1v) is 19.0. The standard InChI is InChI=1S/C50H37NS/c1-50(2)45-28-26-41(32-44(45)48-46(50)29-27-43-42-20-8-9-21-47(42)52-49(43)48)51(40-25-23-34-14-6-7-15-38(34)31-40)39-19-11-16-35(22-24-39)37-18-10-17-36(30-37)33-12-4-3-5-13-33/h3-18,20-32H,19H2,1-2H3. The van der Waals surface area contributed by atoms with Gasteiger partial charge in [-0.15, -0.1) is 11.3 Å². The zero-order valence-corrected chi connectivity index (χ0v) is 30.1. The molecule has 0 saturated heterocycles. The molecule has 8 aromatic rings. The highest BCUT2D eigenvalue weighted by Crippen LogP contribution is 2.55. The molecule has 0 bridgehead atoms. The molecule has 1 aromatic heterocycles. The van der Waals surface area contributed by atoms with Crippen LogP contribution in [0.1, 0.15) is 37.0 Å². The highest BCUT2D eigenvalue weighted by molar-refractivity contribution is 7.26. The third kappa shape index (κ3) is 4.98. The van der Waals surface area contributed by atoms with E-state index in [0.717, 1.165) is 6.42 Å². The summed E-state index contributed by atoms with van der Waals surface area (Å²) in [6, 6.07) is 55.8. The van der Waals surface area contributed by atoms with Crippen LogP contribution in [0.3, 0.4) is 0 Å². The number of hydrogen-bond acceptors (Lipinski definition) is 2. The molecule has 0 amide bonds.